The molecule has 1 aromatic rings. The van der Waals surface area contributed by atoms with Crippen molar-refractivity contribution in [3.63, 3.8) is 0 Å². The highest BCUT2D eigenvalue weighted by Gasteiger charge is 2.24. The van der Waals surface area contributed by atoms with Crippen LogP contribution < -0.4 is 0 Å². The van der Waals surface area contributed by atoms with Gasteiger partial charge in [0, 0.05) is 5.41 Å². The predicted octanol–water partition coefficient (Wildman–Crippen LogP) is 2.85. The molecular formula is C8H10BrClN2O. The number of H-pyrrole nitrogens is 1. The van der Waals surface area contributed by atoms with Gasteiger partial charge in [0.2, 0.25) is 0 Å². The Kier molecular flexibility index (Phi) is 2.82. The van der Waals surface area contributed by atoms with Crippen molar-refractivity contribution in [1.82, 2.24) is 10.2 Å². The van der Waals surface area contributed by atoms with Crippen LogP contribution in [-0.2, 0) is 5.41 Å². The Bertz CT molecular complexity index is 340. The van der Waals surface area contributed by atoms with E-state index in [0.717, 1.165) is 5.69 Å². The second-order valence-electron chi connectivity index (χ2n) is 3.78. The SMILES string of the molecule is CC(C)(C)c1[nH]nc(C(=O)Cl)c1Br. The van der Waals surface area contributed by atoms with Gasteiger partial charge in [-0.1, -0.05) is 20.8 Å². The third-order valence-corrected chi connectivity index (χ3v) is 2.59. The van der Waals surface area contributed by atoms with E-state index in [9.17, 15) is 4.79 Å². The van der Waals surface area contributed by atoms with Crippen molar-refractivity contribution in [1.29, 1.82) is 0 Å². The van der Waals surface area contributed by atoms with E-state index < -0.39 is 5.24 Å². The van der Waals surface area contributed by atoms with Crippen LogP contribution in [0.1, 0.15) is 37.0 Å². The summed E-state index contributed by atoms with van der Waals surface area (Å²) in [6.45, 7) is 6.06. The molecule has 0 atom stereocenters. The first-order valence-corrected chi connectivity index (χ1v) is 4.95. The first-order chi connectivity index (χ1) is 5.84. The molecule has 0 fully saturated rings. The fourth-order valence-corrected chi connectivity index (χ4v) is 2.16. The minimum Gasteiger partial charge on any atom is -0.280 e. The fraction of sp³-hybridized carbons (Fsp3) is 0.500. The second-order valence-corrected chi connectivity index (χ2v) is 4.92. The van der Waals surface area contributed by atoms with Gasteiger partial charge in [-0.05, 0) is 27.5 Å². The van der Waals surface area contributed by atoms with E-state index in [-0.39, 0.29) is 11.1 Å². The zero-order valence-corrected chi connectivity index (χ0v) is 9.95. The summed E-state index contributed by atoms with van der Waals surface area (Å²) < 4.78 is 0.653. The highest BCUT2D eigenvalue weighted by Crippen LogP contribution is 2.30. The van der Waals surface area contributed by atoms with Gasteiger partial charge >= 0.3 is 0 Å². The first kappa shape index (κ1) is 10.7. The van der Waals surface area contributed by atoms with Crippen LogP contribution in [0.25, 0.3) is 0 Å². The summed E-state index contributed by atoms with van der Waals surface area (Å²) in [5.41, 5.74) is 1.03. The molecule has 72 valence electrons. The average molecular weight is 266 g/mol. The van der Waals surface area contributed by atoms with E-state index in [4.69, 9.17) is 11.6 Å². The maximum absolute atomic E-state index is 10.9. The highest BCUT2D eigenvalue weighted by molar-refractivity contribution is 9.10. The monoisotopic (exact) mass is 264 g/mol. The number of hydrogen-bond donors (Lipinski definition) is 1. The topological polar surface area (TPSA) is 45.8 Å². The fourth-order valence-electron chi connectivity index (χ4n) is 0.956. The van der Waals surface area contributed by atoms with E-state index in [1.807, 2.05) is 20.8 Å². The van der Waals surface area contributed by atoms with Gasteiger partial charge in [-0.3, -0.25) is 9.89 Å². The molecule has 3 nitrogen and oxygen atoms in total. The number of nitrogens with one attached hydrogen (secondary N) is 1. The number of rotatable bonds is 1. The lowest BCUT2D eigenvalue weighted by Crippen LogP contribution is -2.12. The van der Waals surface area contributed by atoms with E-state index in [0.29, 0.717) is 4.47 Å². The molecule has 0 saturated carbocycles. The number of aromatic amines is 1. The highest BCUT2D eigenvalue weighted by atomic mass is 79.9. The lowest BCUT2D eigenvalue weighted by molar-refractivity contribution is 0.107. The van der Waals surface area contributed by atoms with Crippen LogP contribution in [0, 0.1) is 0 Å². The van der Waals surface area contributed by atoms with Gasteiger partial charge in [0.15, 0.2) is 5.69 Å². The maximum atomic E-state index is 10.9. The largest absolute Gasteiger partial charge is 0.280 e. The Hall–Kier alpha value is -0.350. The Morgan fingerprint density at radius 3 is 2.31 bits per heavy atom. The van der Waals surface area contributed by atoms with Crippen molar-refractivity contribution in [3.8, 4) is 0 Å². The van der Waals surface area contributed by atoms with Gasteiger partial charge in [0.25, 0.3) is 5.24 Å². The summed E-state index contributed by atoms with van der Waals surface area (Å²) in [4.78, 5) is 10.9. The Morgan fingerprint density at radius 1 is 1.54 bits per heavy atom. The van der Waals surface area contributed by atoms with Crippen LogP contribution >= 0.6 is 27.5 Å². The van der Waals surface area contributed by atoms with E-state index in [1.54, 1.807) is 0 Å². The normalized spacial score (nSPS) is 11.8. The number of carbonyl (C=O) groups excluding carboxylic acids is 1. The number of aromatic nitrogens is 2. The Morgan fingerprint density at radius 2 is 2.08 bits per heavy atom. The smallest absolute Gasteiger partial charge is 0.273 e. The average Bonchev–Trinajstić information content (AvgIpc) is 2.28. The third-order valence-electron chi connectivity index (χ3n) is 1.64. The molecule has 0 aromatic carbocycles. The van der Waals surface area contributed by atoms with Crippen molar-refractivity contribution in [2.24, 2.45) is 0 Å². The summed E-state index contributed by atoms with van der Waals surface area (Å²) >= 11 is 8.61. The molecular weight excluding hydrogens is 255 g/mol. The van der Waals surface area contributed by atoms with Crippen LogP contribution in [0.5, 0.6) is 0 Å². The molecule has 0 spiro atoms. The van der Waals surface area contributed by atoms with Crippen LogP contribution in [0.3, 0.4) is 0 Å². The lowest BCUT2D eigenvalue weighted by Gasteiger charge is -2.16. The minimum absolute atomic E-state index is 0.0869. The zero-order valence-electron chi connectivity index (χ0n) is 7.61. The molecule has 0 bridgehead atoms. The lowest BCUT2D eigenvalue weighted by atomic mass is 9.92. The van der Waals surface area contributed by atoms with E-state index in [2.05, 4.69) is 26.1 Å². The van der Waals surface area contributed by atoms with Gasteiger partial charge in [-0.2, -0.15) is 5.10 Å². The summed E-state index contributed by atoms with van der Waals surface area (Å²) in [5, 5.41) is 6.06. The van der Waals surface area contributed by atoms with Gasteiger partial charge in [-0.25, -0.2) is 0 Å². The quantitative estimate of drug-likeness (QED) is 0.794. The van der Waals surface area contributed by atoms with Crippen LogP contribution in [0.2, 0.25) is 0 Å². The van der Waals surface area contributed by atoms with Crippen molar-refractivity contribution < 1.29 is 4.79 Å². The Balaban J connectivity index is 3.22. The number of halogens is 2. The number of nitrogens with zero attached hydrogens (tertiary/aromatic N) is 1. The predicted molar refractivity (Wildman–Crippen MR) is 55.2 cm³/mol. The molecule has 1 aromatic heterocycles. The van der Waals surface area contributed by atoms with E-state index in [1.165, 1.54) is 0 Å². The first-order valence-electron chi connectivity index (χ1n) is 3.78. The van der Waals surface area contributed by atoms with Gasteiger partial charge < -0.3 is 0 Å². The molecule has 1 rings (SSSR count). The molecule has 0 aliphatic rings. The Labute approximate surface area is 90.0 Å². The van der Waals surface area contributed by atoms with Crippen LogP contribution in [-0.4, -0.2) is 15.4 Å². The molecule has 0 amide bonds. The van der Waals surface area contributed by atoms with Crippen molar-refractivity contribution in [3.05, 3.63) is 15.9 Å². The van der Waals surface area contributed by atoms with Crippen LogP contribution in [0.15, 0.2) is 4.47 Å². The molecule has 0 radical (unpaired) electrons. The van der Waals surface area contributed by atoms with Gasteiger partial charge in [0.05, 0.1) is 10.2 Å². The molecule has 0 aliphatic heterocycles. The van der Waals surface area contributed by atoms with Gasteiger partial charge in [0.1, 0.15) is 0 Å². The maximum Gasteiger partial charge on any atom is 0.273 e. The molecule has 1 heterocycles. The third kappa shape index (κ3) is 2.11. The summed E-state index contributed by atoms with van der Waals surface area (Å²) in [6.07, 6.45) is 0. The summed E-state index contributed by atoms with van der Waals surface area (Å²) in [6, 6.07) is 0. The molecule has 0 unspecified atom stereocenters. The minimum atomic E-state index is -0.557. The zero-order chi connectivity index (χ0) is 10.2. The van der Waals surface area contributed by atoms with Crippen molar-refractivity contribution in [2.45, 2.75) is 26.2 Å². The molecule has 0 saturated heterocycles. The molecule has 1 N–H and O–H groups in total. The number of carbonyl (C=O) groups is 1. The standard InChI is InChI=1S/C8H10BrClN2O/c1-8(2,3)6-4(9)5(7(10)13)11-12-6/h1-3H3,(H,11,12). The van der Waals surface area contributed by atoms with Crippen molar-refractivity contribution in [2.75, 3.05) is 0 Å². The molecule has 5 heteroatoms. The summed E-state index contributed by atoms with van der Waals surface area (Å²) in [5.74, 6) is 0. The second kappa shape index (κ2) is 3.42. The van der Waals surface area contributed by atoms with Gasteiger partial charge in [-0.15, -0.1) is 0 Å². The molecule has 0 aliphatic carbocycles. The van der Waals surface area contributed by atoms with E-state index >= 15 is 0 Å². The summed E-state index contributed by atoms with van der Waals surface area (Å²) in [7, 11) is 0. The van der Waals surface area contributed by atoms with Crippen molar-refractivity contribution >= 4 is 32.8 Å². The molecule has 13 heavy (non-hydrogen) atoms. The van der Waals surface area contributed by atoms with Crippen LogP contribution in [0.4, 0.5) is 0 Å². The number of hydrogen-bond acceptors (Lipinski definition) is 2.